The molecule has 0 saturated heterocycles. The van der Waals surface area contributed by atoms with Gasteiger partial charge in [-0.05, 0) is 36.2 Å². The summed E-state index contributed by atoms with van der Waals surface area (Å²) >= 11 is 0. The lowest BCUT2D eigenvalue weighted by molar-refractivity contribution is 0.102. The average Bonchev–Trinajstić information content (AvgIpc) is 2.69. The molecule has 1 amide bonds. The van der Waals surface area contributed by atoms with Crippen LogP contribution in [0.3, 0.4) is 0 Å². The lowest BCUT2D eigenvalue weighted by Crippen LogP contribution is -2.14. The number of halogens is 3. The summed E-state index contributed by atoms with van der Waals surface area (Å²) in [5.74, 6) is -4.63. The number of anilines is 3. The van der Waals surface area contributed by atoms with E-state index in [1.807, 2.05) is 19.1 Å². The fourth-order valence-electron chi connectivity index (χ4n) is 2.29. The highest BCUT2D eigenvalue weighted by molar-refractivity contribution is 6.02. The molecule has 1 aromatic heterocycles. The number of nitrogens with zero attached hydrogens (tertiary/aromatic N) is 2. The summed E-state index contributed by atoms with van der Waals surface area (Å²) in [6.07, 6.45) is 3.28. The molecule has 0 bridgehead atoms. The molecule has 8 heteroatoms. The first kappa shape index (κ1) is 18.4. The molecule has 3 rings (SSSR count). The smallest absolute Gasteiger partial charge is 0.275 e. The number of hydrogen-bond acceptors (Lipinski definition) is 4. The summed E-state index contributed by atoms with van der Waals surface area (Å²) in [7, 11) is 0. The Kier molecular flexibility index (Phi) is 5.35. The second kappa shape index (κ2) is 7.86. The summed E-state index contributed by atoms with van der Waals surface area (Å²) in [6, 6.07) is 9.21. The van der Waals surface area contributed by atoms with Gasteiger partial charge in [0.05, 0.1) is 18.1 Å². The van der Waals surface area contributed by atoms with Crippen molar-refractivity contribution in [3.8, 4) is 0 Å². The Labute approximate surface area is 153 Å². The maximum atomic E-state index is 13.7. The van der Waals surface area contributed by atoms with Crippen molar-refractivity contribution in [2.45, 2.75) is 13.3 Å². The van der Waals surface area contributed by atoms with Crippen LogP contribution in [0.25, 0.3) is 0 Å². The first-order valence-corrected chi connectivity index (χ1v) is 8.10. The van der Waals surface area contributed by atoms with Crippen LogP contribution in [0.15, 0.2) is 48.8 Å². The minimum Gasteiger partial charge on any atom is -0.336 e. The first-order chi connectivity index (χ1) is 13.0. The summed E-state index contributed by atoms with van der Waals surface area (Å²) in [5, 5.41) is 5.17. The van der Waals surface area contributed by atoms with Gasteiger partial charge in [-0.25, -0.2) is 23.1 Å². The number of rotatable bonds is 5. The Hall–Kier alpha value is -3.42. The van der Waals surface area contributed by atoms with Gasteiger partial charge < -0.3 is 10.6 Å². The molecule has 1 heterocycles. The molecule has 0 aliphatic carbocycles. The molecule has 0 fully saturated rings. The monoisotopic (exact) mass is 372 g/mol. The van der Waals surface area contributed by atoms with Crippen LogP contribution >= 0.6 is 0 Å². The zero-order valence-corrected chi connectivity index (χ0v) is 14.3. The molecule has 0 aliphatic heterocycles. The van der Waals surface area contributed by atoms with E-state index in [1.165, 1.54) is 12.4 Å². The Bertz CT molecular complexity index is 960. The SMILES string of the molecule is CCc1ccc(NC(=O)c2cnc(Nc3ccc(F)c(F)c3F)cn2)cc1. The normalized spacial score (nSPS) is 10.5. The molecule has 0 atom stereocenters. The zero-order valence-electron chi connectivity index (χ0n) is 14.3. The molecule has 2 N–H and O–H groups in total. The van der Waals surface area contributed by atoms with Crippen molar-refractivity contribution in [3.63, 3.8) is 0 Å². The number of carbonyl (C=O) groups is 1. The molecule has 0 spiro atoms. The fraction of sp³-hybridized carbons (Fsp3) is 0.105. The van der Waals surface area contributed by atoms with Gasteiger partial charge in [0.15, 0.2) is 17.5 Å². The molecular weight excluding hydrogens is 357 g/mol. The molecule has 138 valence electrons. The van der Waals surface area contributed by atoms with Crippen LogP contribution in [0, 0.1) is 17.5 Å². The van der Waals surface area contributed by atoms with Crippen molar-refractivity contribution in [2.24, 2.45) is 0 Å². The number of benzene rings is 2. The third-order valence-corrected chi connectivity index (χ3v) is 3.80. The second-order valence-electron chi connectivity index (χ2n) is 5.64. The Morgan fingerprint density at radius 2 is 1.70 bits per heavy atom. The zero-order chi connectivity index (χ0) is 19.4. The van der Waals surface area contributed by atoms with Crippen LogP contribution in [-0.4, -0.2) is 15.9 Å². The van der Waals surface area contributed by atoms with Gasteiger partial charge in [-0.2, -0.15) is 0 Å². The molecule has 0 saturated carbocycles. The molecular formula is C19H15F3N4O. The molecule has 0 aliphatic rings. The largest absolute Gasteiger partial charge is 0.336 e. The van der Waals surface area contributed by atoms with E-state index < -0.39 is 23.4 Å². The predicted molar refractivity (Wildman–Crippen MR) is 95.4 cm³/mol. The standard InChI is InChI=1S/C19H15F3N4O/c1-2-11-3-5-12(6-4-11)25-19(27)15-9-24-16(10-23-15)26-14-8-7-13(20)17(21)18(14)22/h3-10H,2H2,1H3,(H,24,26)(H,25,27). The van der Waals surface area contributed by atoms with Gasteiger partial charge >= 0.3 is 0 Å². The minimum absolute atomic E-state index is 0.0471. The van der Waals surface area contributed by atoms with Crippen molar-refractivity contribution < 1.29 is 18.0 Å². The number of amides is 1. The summed E-state index contributed by atoms with van der Waals surface area (Å²) < 4.78 is 39.8. The molecule has 3 aromatic rings. The number of aromatic nitrogens is 2. The molecule has 5 nitrogen and oxygen atoms in total. The minimum atomic E-state index is -1.59. The summed E-state index contributed by atoms with van der Waals surface area (Å²) in [4.78, 5) is 20.1. The van der Waals surface area contributed by atoms with Gasteiger partial charge in [-0.15, -0.1) is 0 Å². The highest BCUT2D eigenvalue weighted by Crippen LogP contribution is 2.22. The van der Waals surface area contributed by atoms with Crippen molar-refractivity contribution in [1.29, 1.82) is 0 Å². The van der Waals surface area contributed by atoms with Crippen molar-refractivity contribution in [1.82, 2.24) is 9.97 Å². The topological polar surface area (TPSA) is 66.9 Å². The third kappa shape index (κ3) is 4.22. The van der Waals surface area contributed by atoms with Gasteiger partial charge in [0.25, 0.3) is 5.91 Å². The Morgan fingerprint density at radius 1 is 0.963 bits per heavy atom. The Morgan fingerprint density at radius 3 is 2.33 bits per heavy atom. The van der Waals surface area contributed by atoms with Gasteiger partial charge in [0.2, 0.25) is 0 Å². The van der Waals surface area contributed by atoms with E-state index in [4.69, 9.17) is 0 Å². The first-order valence-electron chi connectivity index (χ1n) is 8.10. The second-order valence-corrected chi connectivity index (χ2v) is 5.64. The highest BCUT2D eigenvalue weighted by Gasteiger charge is 2.14. The van der Waals surface area contributed by atoms with E-state index >= 15 is 0 Å². The summed E-state index contributed by atoms with van der Waals surface area (Å²) in [5.41, 5.74) is 1.51. The average molecular weight is 372 g/mol. The van der Waals surface area contributed by atoms with E-state index in [2.05, 4.69) is 20.6 Å². The van der Waals surface area contributed by atoms with Crippen LogP contribution in [0.4, 0.5) is 30.4 Å². The maximum absolute atomic E-state index is 13.7. The van der Waals surface area contributed by atoms with Crippen molar-refractivity contribution in [3.05, 3.63) is 77.5 Å². The fourth-order valence-corrected chi connectivity index (χ4v) is 2.29. The highest BCUT2D eigenvalue weighted by atomic mass is 19.2. The number of aryl methyl sites for hydroxylation is 1. The van der Waals surface area contributed by atoms with Crippen LogP contribution in [-0.2, 0) is 6.42 Å². The number of hydrogen-bond donors (Lipinski definition) is 2. The van der Waals surface area contributed by atoms with Gasteiger partial charge in [0, 0.05) is 5.69 Å². The van der Waals surface area contributed by atoms with E-state index in [0.717, 1.165) is 24.1 Å². The molecule has 0 radical (unpaired) electrons. The number of carbonyl (C=O) groups excluding carboxylic acids is 1. The van der Waals surface area contributed by atoms with Crippen LogP contribution in [0.2, 0.25) is 0 Å². The maximum Gasteiger partial charge on any atom is 0.275 e. The van der Waals surface area contributed by atoms with Gasteiger partial charge in [0.1, 0.15) is 11.5 Å². The number of nitrogens with one attached hydrogen (secondary N) is 2. The van der Waals surface area contributed by atoms with Crippen molar-refractivity contribution in [2.75, 3.05) is 10.6 Å². The molecule has 2 aromatic carbocycles. The molecule has 0 unspecified atom stereocenters. The third-order valence-electron chi connectivity index (χ3n) is 3.80. The van der Waals surface area contributed by atoms with Crippen molar-refractivity contribution >= 4 is 23.1 Å². The molecule has 27 heavy (non-hydrogen) atoms. The van der Waals surface area contributed by atoms with Gasteiger partial charge in [-0.1, -0.05) is 19.1 Å². The van der Waals surface area contributed by atoms with Crippen LogP contribution in [0.1, 0.15) is 23.0 Å². The van der Waals surface area contributed by atoms with E-state index in [-0.39, 0.29) is 17.2 Å². The quantitative estimate of drug-likeness (QED) is 0.650. The Balaban J connectivity index is 1.69. The van der Waals surface area contributed by atoms with Crippen LogP contribution in [0.5, 0.6) is 0 Å². The predicted octanol–water partition coefficient (Wildman–Crippen LogP) is 4.45. The van der Waals surface area contributed by atoms with E-state index in [9.17, 15) is 18.0 Å². The van der Waals surface area contributed by atoms with E-state index in [1.54, 1.807) is 12.1 Å². The van der Waals surface area contributed by atoms with Crippen LogP contribution < -0.4 is 10.6 Å². The lowest BCUT2D eigenvalue weighted by atomic mass is 10.1. The summed E-state index contributed by atoms with van der Waals surface area (Å²) in [6.45, 7) is 2.03. The van der Waals surface area contributed by atoms with E-state index in [0.29, 0.717) is 5.69 Å². The van der Waals surface area contributed by atoms with Gasteiger partial charge in [-0.3, -0.25) is 4.79 Å². The lowest BCUT2D eigenvalue weighted by Gasteiger charge is -2.08.